The van der Waals surface area contributed by atoms with Gasteiger partial charge in [-0.3, -0.25) is 4.79 Å². The summed E-state index contributed by atoms with van der Waals surface area (Å²) in [5.74, 6) is -0.895. The van der Waals surface area contributed by atoms with Crippen LogP contribution in [-0.2, 0) is 24.6 Å². The van der Waals surface area contributed by atoms with Crippen LogP contribution >= 0.6 is 0 Å². The minimum Gasteiger partial charge on any atom is -0.496 e. The summed E-state index contributed by atoms with van der Waals surface area (Å²) in [6.45, 7) is 8.10. The van der Waals surface area contributed by atoms with E-state index < -0.39 is 17.6 Å². The maximum atomic E-state index is 13.3. The number of fused-ring (bicyclic) bond motifs is 1. The molecule has 0 fully saturated rings. The number of methoxy groups -OCH3 is 1. The summed E-state index contributed by atoms with van der Waals surface area (Å²) in [5, 5.41) is 2.82. The van der Waals surface area contributed by atoms with Crippen molar-refractivity contribution in [2.24, 2.45) is 0 Å². The third-order valence-corrected chi connectivity index (χ3v) is 5.62. The van der Waals surface area contributed by atoms with Gasteiger partial charge in [0, 0.05) is 29.8 Å². The van der Waals surface area contributed by atoms with Crippen molar-refractivity contribution in [3.8, 4) is 5.75 Å². The van der Waals surface area contributed by atoms with Crippen LogP contribution in [0, 0.1) is 0 Å². The summed E-state index contributed by atoms with van der Waals surface area (Å²) in [5.41, 5.74) is 3.02. The molecule has 3 rings (SSSR count). The number of hydrogen-bond donors (Lipinski definition) is 1. The summed E-state index contributed by atoms with van der Waals surface area (Å²) < 4.78 is 44.7. The van der Waals surface area contributed by atoms with E-state index in [9.17, 15) is 18.0 Å². The molecule has 0 unspecified atom stereocenters. The number of hydrogen-bond acceptors (Lipinski definition) is 3. The molecule has 1 N–H and O–H groups in total. The highest BCUT2D eigenvalue weighted by molar-refractivity contribution is 6.05. The summed E-state index contributed by atoms with van der Waals surface area (Å²) >= 11 is 0. The Kier molecular flexibility index (Phi) is 5.87. The highest BCUT2D eigenvalue weighted by Gasteiger charge is 2.35. The van der Waals surface area contributed by atoms with Gasteiger partial charge in [0.15, 0.2) is 0 Å². The lowest BCUT2D eigenvalue weighted by atomic mass is 9.76. The monoisotopic (exact) mass is 420 g/mol. The van der Waals surface area contributed by atoms with Gasteiger partial charge < -0.3 is 15.0 Å². The fourth-order valence-corrected chi connectivity index (χ4v) is 4.38. The summed E-state index contributed by atoms with van der Waals surface area (Å²) in [7, 11) is 3.23. The molecule has 4 nitrogen and oxygen atoms in total. The predicted molar refractivity (Wildman–Crippen MR) is 111 cm³/mol. The van der Waals surface area contributed by atoms with Crippen molar-refractivity contribution in [1.82, 2.24) is 4.90 Å². The fourth-order valence-electron chi connectivity index (χ4n) is 4.38. The number of rotatable bonds is 4. The molecule has 0 atom stereocenters. The van der Waals surface area contributed by atoms with Crippen LogP contribution in [0.1, 0.15) is 53.4 Å². The average Bonchev–Trinajstić information content (AvgIpc) is 2.65. The first-order valence-electron chi connectivity index (χ1n) is 9.88. The van der Waals surface area contributed by atoms with Gasteiger partial charge in [0.25, 0.3) is 5.91 Å². The predicted octanol–water partition coefficient (Wildman–Crippen LogP) is 5.25. The van der Waals surface area contributed by atoms with Gasteiger partial charge in [-0.05, 0) is 54.4 Å². The van der Waals surface area contributed by atoms with Crippen LogP contribution < -0.4 is 10.1 Å². The van der Waals surface area contributed by atoms with E-state index in [-0.39, 0.29) is 16.7 Å². The van der Waals surface area contributed by atoms with Gasteiger partial charge in [0.2, 0.25) is 0 Å². The molecule has 7 heteroatoms. The zero-order valence-corrected chi connectivity index (χ0v) is 17.9. The number of halogens is 3. The van der Waals surface area contributed by atoms with Gasteiger partial charge >= 0.3 is 6.18 Å². The number of carbonyl (C=O) groups excluding carboxylic acids is 1. The Morgan fingerprint density at radius 3 is 2.53 bits per heavy atom. The second-order valence-corrected chi connectivity index (χ2v) is 8.39. The lowest BCUT2D eigenvalue weighted by Gasteiger charge is -2.39. The van der Waals surface area contributed by atoms with Crippen molar-refractivity contribution < 1.29 is 22.7 Å². The van der Waals surface area contributed by atoms with Crippen LogP contribution in [-0.4, -0.2) is 31.5 Å². The number of likely N-dealkylation sites (N-methyl/N-ethyl adjacent to an activating group) is 1. The number of amides is 1. The van der Waals surface area contributed by atoms with Crippen LogP contribution in [0.2, 0.25) is 0 Å². The van der Waals surface area contributed by atoms with E-state index in [1.54, 1.807) is 0 Å². The molecule has 2 aromatic carbocycles. The van der Waals surface area contributed by atoms with Crippen molar-refractivity contribution in [3.63, 3.8) is 0 Å². The molecule has 2 aromatic rings. The summed E-state index contributed by atoms with van der Waals surface area (Å²) in [4.78, 5) is 15.0. The number of benzene rings is 2. The second-order valence-electron chi connectivity index (χ2n) is 8.39. The molecule has 1 amide bonds. The Morgan fingerprint density at radius 2 is 1.93 bits per heavy atom. The minimum absolute atomic E-state index is 0.0214. The molecule has 162 valence electrons. The third kappa shape index (κ3) is 4.17. The highest BCUT2D eigenvalue weighted by Crippen LogP contribution is 2.39. The number of nitrogens with zero attached hydrogens (tertiary/aromatic N) is 1. The molecule has 0 bridgehead atoms. The molecular weight excluding hydrogens is 393 g/mol. The maximum Gasteiger partial charge on any atom is 0.419 e. The molecule has 0 saturated heterocycles. The Morgan fingerprint density at radius 1 is 1.23 bits per heavy atom. The normalized spacial score (nSPS) is 16.1. The smallest absolute Gasteiger partial charge is 0.419 e. The molecule has 0 spiro atoms. The molecule has 1 heterocycles. The van der Waals surface area contributed by atoms with Crippen LogP contribution in [0.15, 0.2) is 30.3 Å². The van der Waals surface area contributed by atoms with Gasteiger partial charge in [0.1, 0.15) is 5.75 Å². The Labute approximate surface area is 175 Å². The van der Waals surface area contributed by atoms with Crippen molar-refractivity contribution in [2.45, 2.75) is 45.3 Å². The zero-order valence-electron chi connectivity index (χ0n) is 17.9. The molecule has 0 aliphatic carbocycles. The average molecular weight is 420 g/mol. The molecule has 30 heavy (non-hydrogen) atoms. The minimum atomic E-state index is -4.61. The Hall–Kier alpha value is -2.54. The van der Waals surface area contributed by atoms with Crippen molar-refractivity contribution in [1.29, 1.82) is 0 Å². The van der Waals surface area contributed by atoms with Crippen molar-refractivity contribution in [3.05, 3.63) is 58.1 Å². The van der Waals surface area contributed by atoms with Gasteiger partial charge in [0.05, 0.1) is 12.7 Å². The molecule has 0 radical (unpaired) electrons. The standard InChI is InChI=1S/C23H27F3N2O2/c1-6-15-16-12-28(4)13-22(2,3)17(16)8-9-19(15)27-21(29)14-7-10-20(30-5)18(11-14)23(24,25)26/h7-11H,6,12-13H2,1-5H3,(H,27,29). The van der Waals surface area contributed by atoms with Gasteiger partial charge in [-0.15, -0.1) is 0 Å². The largest absolute Gasteiger partial charge is 0.496 e. The van der Waals surface area contributed by atoms with E-state index >= 15 is 0 Å². The van der Waals surface area contributed by atoms with E-state index in [2.05, 4.69) is 31.1 Å². The van der Waals surface area contributed by atoms with Crippen LogP contribution in [0.4, 0.5) is 18.9 Å². The van der Waals surface area contributed by atoms with E-state index in [0.29, 0.717) is 12.1 Å². The fraction of sp³-hybridized carbons (Fsp3) is 0.435. The molecule has 1 aliphatic heterocycles. The van der Waals surface area contributed by atoms with Gasteiger partial charge in [-0.25, -0.2) is 0 Å². The first kappa shape index (κ1) is 22.2. The van der Waals surface area contributed by atoms with E-state index in [1.807, 2.05) is 19.1 Å². The Balaban J connectivity index is 1.98. The van der Waals surface area contributed by atoms with Gasteiger partial charge in [-0.1, -0.05) is 26.8 Å². The van der Waals surface area contributed by atoms with Crippen molar-refractivity contribution in [2.75, 3.05) is 26.0 Å². The molecular formula is C23H27F3N2O2. The molecule has 0 aromatic heterocycles. The summed E-state index contributed by atoms with van der Waals surface area (Å²) in [6, 6.07) is 7.21. The van der Waals surface area contributed by atoms with E-state index in [0.717, 1.165) is 24.7 Å². The quantitative estimate of drug-likeness (QED) is 0.734. The SMILES string of the molecule is CCc1c(NC(=O)c2ccc(OC)c(C(F)(F)F)c2)ccc2c1CN(C)CC2(C)C. The maximum absolute atomic E-state index is 13.3. The topological polar surface area (TPSA) is 41.6 Å². The van der Waals surface area contributed by atoms with Crippen molar-refractivity contribution >= 4 is 11.6 Å². The van der Waals surface area contributed by atoms with Crippen LogP contribution in [0.3, 0.4) is 0 Å². The zero-order chi connectivity index (χ0) is 22.3. The number of nitrogens with one attached hydrogen (secondary N) is 1. The van der Waals surface area contributed by atoms with E-state index in [4.69, 9.17) is 4.74 Å². The third-order valence-electron chi connectivity index (χ3n) is 5.62. The van der Waals surface area contributed by atoms with Gasteiger partial charge in [-0.2, -0.15) is 13.2 Å². The first-order chi connectivity index (χ1) is 14.0. The number of alkyl halides is 3. The van der Waals surface area contributed by atoms with E-state index in [1.165, 1.54) is 30.4 Å². The Bertz CT molecular complexity index is 968. The van der Waals surface area contributed by atoms with Crippen LogP contribution in [0.25, 0.3) is 0 Å². The first-order valence-corrected chi connectivity index (χ1v) is 9.88. The molecule has 1 aliphatic rings. The van der Waals surface area contributed by atoms with Crippen LogP contribution in [0.5, 0.6) is 5.75 Å². The summed E-state index contributed by atoms with van der Waals surface area (Å²) in [6.07, 6.45) is -3.91. The number of ether oxygens (including phenoxy) is 1. The highest BCUT2D eigenvalue weighted by atomic mass is 19.4. The second kappa shape index (κ2) is 7.95. The lowest BCUT2D eigenvalue weighted by Crippen LogP contribution is -2.40. The number of carbonyl (C=O) groups is 1. The lowest BCUT2D eigenvalue weighted by molar-refractivity contribution is -0.138. The molecule has 0 saturated carbocycles. The number of anilines is 1.